The Bertz CT molecular complexity index is 1510. The predicted octanol–water partition coefficient (Wildman–Crippen LogP) is 4.84. The normalized spacial score (nSPS) is 11.8. The summed E-state index contributed by atoms with van der Waals surface area (Å²) in [6.07, 6.45) is 1.35. The van der Waals surface area contributed by atoms with Crippen molar-refractivity contribution in [3.63, 3.8) is 0 Å². The van der Waals surface area contributed by atoms with Gasteiger partial charge in [0.2, 0.25) is 5.91 Å². The Morgan fingerprint density at radius 1 is 1.06 bits per heavy atom. The average Bonchev–Trinajstić information content (AvgIpc) is 3.18. The molecule has 0 saturated carbocycles. The van der Waals surface area contributed by atoms with Gasteiger partial charge in [-0.1, -0.05) is 29.8 Å². The number of ether oxygens (including phenoxy) is 1. The van der Waals surface area contributed by atoms with Gasteiger partial charge in [-0.25, -0.2) is 4.98 Å². The van der Waals surface area contributed by atoms with Gasteiger partial charge in [-0.3, -0.25) is 19.0 Å². The van der Waals surface area contributed by atoms with Crippen LogP contribution in [-0.4, -0.2) is 28.5 Å². The first-order valence-corrected chi connectivity index (χ1v) is 11.9. The fourth-order valence-corrected chi connectivity index (χ4v) is 4.91. The molecule has 2 amide bonds. The van der Waals surface area contributed by atoms with Crippen molar-refractivity contribution in [1.82, 2.24) is 9.55 Å². The van der Waals surface area contributed by atoms with Crippen LogP contribution >= 0.6 is 11.3 Å². The molecule has 4 aromatic rings. The van der Waals surface area contributed by atoms with Crippen LogP contribution in [0.5, 0.6) is 5.75 Å². The van der Waals surface area contributed by atoms with Crippen LogP contribution in [0.4, 0.5) is 11.4 Å². The molecule has 35 heavy (non-hydrogen) atoms. The molecule has 0 spiro atoms. The number of fused-ring (bicyclic) bond motifs is 1. The summed E-state index contributed by atoms with van der Waals surface area (Å²) in [5.41, 5.74) is 3.43. The van der Waals surface area contributed by atoms with Crippen LogP contribution in [0.1, 0.15) is 39.3 Å². The second-order valence-electron chi connectivity index (χ2n) is 8.33. The number of nitrogens with zero attached hydrogens (tertiary/aromatic N) is 2. The summed E-state index contributed by atoms with van der Waals surface area (Å²) in [5.74, 6) is -0.175. The first-order chi connectivity index (χ1) is 16.7. The zero-order chi connectivity index (χ0) is 25.3. The van der Waals surface area contributed by atoms with Crippen molar-refractivity contribution >= 4 is 44.7 Å². The zero-order valence-corrected chi connectivity index (χ0v) is 20.9. The molecule has 2 heterocycles. The smallest absolute Gasteiger partial charge is 0.266 e. The minimum atomic E-state index is -0.837. The van der Waals surface area contributed by atoms with E-state index >= 15 is 0 Å². The number of aromatic nitrogens is 2. The molecule has 1 atom stereocenters. The Morgan fingerprint density at radius 3 is 2.51 bits per heavy atom. The van der Waals surface area contributed by atoms with E-state index in [0.717, 1.165) is 22.5 Å². The number of benzene rings is 2. The standard InChI is InChI=1S/C26H26N4O4S/c1-14-10-11-18(15(2)12-14)28-24(32)22-16(3)21-25(35-22)27-13-30(26(21)33)17(4)23(31)29-19-8-6-7-9-20(19)34-5/h6-13,17H,1-5H3,(H,28,32)(H,29,31). The lowest BCUT2D eigenvalue weighted by molar-refractivity contribution is -0.118. The molecule has 180 valence electrons. The van der Waals surface area contributed by atoms with E-state index in [4.69, 9.17) is 4.74 Å². The minimum absolute atomic E-state index is 0.301. The summed E-state index contributed by atoms with van der Waals surface area (Å²) >= 11 is 1.16. The molecule has 2 N–H and O–H groups in total. The lowest BCUT2D eigenvalue weighted by atomic mass is 10.1. The number of carbonyl (C=O) groups is 2. The maximum Gasteiger partial charge on any atom is 0.266 e. The Morgan fingerprint density at radius 2 is 1.80 bits per heavy atom. The largest absolute Gasteiger partial charge is 0.495 e. The van der Waals surface area contributed by atoms with E-state index in [1.807, 2.05) is 32.0 Å². The molecule has 1 unspecified atom stereocenters. The summed E-state index contributed by atoms with van der Waals surface area (Å²) in [4.78, 5) is 44.5. The summed E-state index contributed by atoms with van der Waals surface area (Å²) < 4.78 is 6.55. The average molecular weight is 491 g/mol. The lowest BCUT2D eigenvalue weighted by Crippen LogP contribution is -2.31. The van der Waals surface area contributed by atoms with E-state index < -0.39 is 11.9 Å². The highest BCUT2D eigenvalue weighted by atomic mass is 32.1. The Labute approximate surface area is 206 Å². The van der Waals surface area contributed by atoms with Crippen molar-refractivity contribution in [2.45, 2.75) is 33.7 Å². The molecule has 0 aliphatic rings. The van der Waals surface area contributed by atoms with Crippen LogP contribution in [0.25, 0.3) is 10.2 Å². The van der Waals surface area contributed by atoms with Crippen molar-refractivity contribution in [3.8, 4) is 5.75 Å². The van der Waals surface area contributed by atoms with Crippen LogP contribution in [0.15, 0.2) is 53.6 Å². The number of nitrogens with one attached hydrogen (secondary N) is 2. The third kappa shape index (κ3) is 4.67. The van der Waals surface area contributed by atoms with Gasteiger partial charge in [0.25, 0.3) is 11.5 Å². The van der Waals surface area contributed by atoms with Gasteiger partial charge in [-0.15, -0.1) is 11.3 Å². The van der Waals surface area contributed by atoms with E-state index in [1.165, 1.54) is 18.0 Å². The molecule has 8 nitrogen and oxygen atoms in total. The molecule has 2 aromatic heterocycles. The molecule has 0 saturated heterocycles. The van der Waals surface area contributed by atoms with Gasteiger partial charge < -0.3 is 15.4 Å². The molecular formula is C26H26N4O4S. The number of anilines is 2. The summed E-state index contributed by atoms with van der Waals surface area (Å²) in [6.45, 7) is 7.26. The topological polar surface area (TPSA) is 102 Å². The fraction of sp³-hybridized carbons (Fsp3) is 0.231. The maximum absolute atomic E-state index is 13.3. The van der Waals surface area contributed by atoms with Crippen molar-refractivity contribution in [2.75, 3.05) is 17.7 Å². The van der Waals surface area contributed by atoms with Gasteiger partial charge in [-0.05, 0) is 57.0 Å². The van der Waals surface area contributed by atoms with Gasteiger partial charge in [0.1, 0.15) is 16.6 Å². The van der Waals surface area contributed by atoms with Crippen LogP contribution in [-0.2, 0) is 4.79 Å². The summed E-state index contributed by atoms with van der Waals surface area (Å²) in [7, 11) is 1.52. The summed E-state index contributed by atoms with van der Waals surface area (Å²) in [6, 6.07) is 12.0. The predicted molar refractivity (Wildman–Crippen MR) is 139 cm³/mol. The molecule has 4 rings (SSSR count). The van der Waals surface area contributed by atoms with E-state index in [1.54, 1.807) is 38.1 Å². The highest BCUT2D eigenvalue weighted by Gasteiger charge is 2.23. The van der Waals surface area contributed by atoms with Gasteiger partial charge in [0.05, 0.1) is 29.4 Å². The number of amides is 2. The number of aryl methyl sites for hydroxylation is 3. The molecule has 0 radical (unpaired) electrons. The van der Waals surface area contributed by atoms with Crippen molar-refractivity contribution < 1.29 is 14.3 Å². The Hall–Kier alpha value is -3.98. The third-order valence-corrected chi connectivity index (χ3v) is 7.07. The maximum atomic E-state index is 13.3. The molecule has 0 bridgehead atoms. The van der Waals surface area contributed by atoms with Gasteiger partial charge in [0.15, 0.2) is 0 Å². The number of methoxy groups -OCH3 is 1. The monoisotopic (exact) mass is 490 g/mol. The van der Waals surface area contributed by atoms with Gasteiger partial charge >= 0.3 is 0 Å². The van der Waals surface area contributed by atoms with E-state index in [-0.39, 0.29) is 11.5 Å². The lowest BCUT2D eigenvalue weighted by Gasteiger charge is -2.16. The molecule has 0 fully saturated rings. The number of carbonyl (C=O) groups excluding carboxylic acids is 2. The van der Waals surface area contributed by atoms with E-state index in [0.29, 0.717) is 37.8 Å². The van der Waals surface area contributed by atoms with E-state index in [9.17, 15) is 14.4 Å². The highest BCUT2D eigenvalue weighted by Crippen LogP contribution is 2.29. The number of rotatable bonds is 6. The van der Waals surface area contributed by atoms with E-state index in [2.05, 4.69) is 15.6 Å². The molecule has 0 aliphatic carbocycles. The second kappa shape index (κ2) is 9.71. The SMILES string of the molecule is COc1ccccc1NC(=O)C(C)n1cnc2sc(C(=O)Nc3ccc(C)cc3C)c(C)c2c1=O. The van der Waals surface area contributed by atoms with Gasteiger partial charge in [-0.2, -0.15) is 0 Å². The Kier molecular flexibility index (Phi) is 6.70. The highest BCUT2D eigenvalue weighted by molar-refractivity contribution is 7.20. The van der Waals surface area contributed by atoms with Crippen LogP contribution in [0, 0.1) is 20.8 Å². The minimum Gasteiger partial charge on any atom is -0.495 e. The number of hydrogen-bond acceptors (Lipinski definition) is 6. The zero-order valence-electron chi connectivity index (χ0n) is 20.1. The van der Waals surface area contributed by atoms with Crippen LogP contribution in [0.2, 0.25) is 0 Å². The third-order valence-electron chi connectivity index (χ3n) is 5.87. The second-order valence-corrected chi connectivity index (χ2v) is 9.33. The molecular weight excluding hydrogens is 464 g/mol. The van der Waals surface area contributed by atoms with Crippen molar-refractivity contribution in [1.29, 1.82) is 0 Å². The Balaban J connectivity index is 1.63. The number of hydrogen-bond donors (Lipinski definition) is 2. The summed E-state index contributed by atoms with van der Waals surface area (Å²) in [5, 5.41) is 6.06. The first kappa shape index (κ1) is 24.2. The van der Waals surface area contributed by atoms with Crippen molar-refractivity contribution in [2.24, 2.45) is 0 Å². The molecule has 0 aliphatic heterocycles. The van der Waals surface area contributed by atoms with Crippen molar-refractivity contribution in [3.05, 3.63) is 80.7 Å². The first-order valence-electron chi connectivity index (χ1n) is 11.0. The molecule has 2 aromatic carbocycles. The van der Waals surface area contributed by atoms with Gasteiger partial charge in [0, 0.05) is 5.69 Å². The molecule has 9 heteroatoms. The number of thiophene rings is 1. The van der Waals surface area contributed by atoms with Crippen LogP contribution < -0.4 is 20.9 Å². The van der Waals surface area contributed by atoms with Crippen LogP contribution in [0.3, 0.4) is 0 Å². The quantitative estimate of drug-likeness (QED) is 0.403. The number of para-hydroxylation sites is 2. The fourth-order valence-electron chi connectivity index (χ4n) is 3.87.